The number of imidazole rings is 1. The number of hydrogen-bond acceptors (Lipinski definition) is 4. The van der Waals surface area contributed by atoms with Gasteiger partial charge >= 0.3 is 6.18 Å². The van der Waals surface area contributed by atoms with Gasteiger partial charge in [-0.05, 0) is 57.5 Å². The molecule has 2 fully saturated rings. The zero-order chi connectivity index (χ0) is 26.2. The van der Waals surface area contributed by atoms with Crippen molar-refractivity contribution in [3.8, 4) is 0 Å². The fourth-order valence-corrected chi connectivity index (χ4v) is 5.80. The van der Waals surface area contributed by atoms with E-state index in [9.17, 15) is 18.0 Å². The van der Waals surface area contributed by atoms with Crippen molar-refractivity contribution in [2.75, 3.05) is 44.2 Å². The predicted octanol–water partition coefficient (Wildman–Crippen LogP) is 5.20. The number of piperazine rings is 1. The summed E-state index contributed by atoms with van der Waals surface area (Å²) in [6.07, 6.45) is -2.62. The van der Waals surface area contributed by atoms with Crippen LogP contribution in [0.25, 0.3) is 11.0 Å². The minimum atomic E-state index is -4.40. The first-order valence-electron chi connectivity index (χ1n) is 13.1. The molecule has 2 aliphatic rings. The number of hydrogen-bond donors (Lipinski definition) is 0. The van der Waals surface area contributed by atoms with Crippen molar-refractivity contribution in [3.63, 3.8) is 0 Å². The van der Waals surface area contributed by atoms with Crippen molar-refractivity contribution in [2.24, 2.45) is 5.92 Å². The lowest BCUT2D eigenvalue weighted by molar-refractivity contribution is -0.139. The van der Waals surface area contributed by atoms with Gasteiger partial charge in [-0.25, -0.2) is 4.98 Å². The molecule has 198 valence electrons. The quantitative estimate of drug-likeness (QED) is 0.471. The van der Waals surface area contributed by atoms with Gasteiger partial charge in [-0.1, -0.05) is 24.3 Å². The average Bonchev–Trinajstić information content (AvgIpc) is 3.26. The van der Waals surface area contributed by atoms with Gasteiger partial charge < -0.3 is 14.4 Å². The maximum Gasteiger partial charge on any atom is 0.418 e. The molecule has 0 aliphatic carbocycles. The largest absolute Gasteiger partial charge is 0.418 e. The van der Waals surface area contributed by atoms with Crippen molar-refractivity contribution in [2.45, 2.75) is 45.5 Å². The maximum atomic E-state index is 13.5. The van der Waals surface area contributed by atoms with Gasteiger partial charge in [-0.15, -0.1) is 0 Å². The van der Waals surface area contributed by atoms with E-state index in [1.54, 1.807) is 11.0 Å². The molecule has 1 aromatic heterocycles. The molecule has 3 aromatic rings. The third-order valence-electron chi connectivity index (χ3n) is 7.55. The summed E-state index contributed by atoms with van der Waals surface area (Å²) in [5.41, 5.74) is 1.69. The van der Waals surface area contributed by atoms with Gasteiger partial charge in [-0.2, -0.15) is 13.2 Å². The van der Waals surface area contributed by atoms with Crippen molar-refractivity contribution in [3.05, 3.63) is 59.9 Å². The first-order valence-corrected chi connectivity index (χ1v) is 13.1. The molecular formula is C28H34F3N5O. The van der Waals surface area contributed by atoms with E-state index in [2.05, 4.69) is 29.4 Å². The number of nitrogens with zero attached hydrogens (tertiary/aromatic N) is 5. The monoisotopic (exact) mass is 513 g/mol. The Morgan fingerprint density at radius 1 is 1.00 bits per heavy atom. The Morgan fingerprint density at radius 2 is 1.70 bits per heavy atom. The first kappa shape index (κ1) is 25.6. The van der Waals surface area contributed by atoms with Crippen LogP contribution in [0.2, 0.25) is 0 Å². The number of amides is 1. The number of halogens is 3. The van der Waals surface area contributed by atoms with E-state index in [-0.39, 0.29) is 23.6 Å². The summed E-state index contributed by atoms with van der Waals surface area (Å²) in [6.45, 7) is 8.28. The Labute approximate surface area is 215 Å². The van der Waals surface area contributed by atoms with E-state index < -0.39 is 11.7 Å². The summed E-state index contributed by atoms with van der Waals surface area (Å²) in [7, 11) is 0. The van der Waals surface area contributed by atoms with Gasteiger partial charge in [0.25, 0.3) is 0 Å². The normalized spacial score (nSPS) is 19.7. The smallest absolute Gasteiger partial charge is 0.367 e. The Hall–Kier alpha value is -3.07. The Balaban J connectivity index is 1.22. The molecule has 1 amide bonds. The highest BCUT2D eigenvalue weighted by Gasteiger charge is 2.36. The van der Waals surface area contributed by atoms with Gasteiger partial charge in [0, 0.05) is 44.5 Å². The van der Waals surface area contributed by atoms with Crippen LogP contribution in [-0.4, -0.2) is 64.5 Å². The third kappa shape index (κ3) is 5.32. The van der Waals surface area contributed by atoms with Crippen LogP contribution in [0.5, 0.6) is 0 Å². The number of rotatable bonds is 5. The minimum absolute atomic E-state index is 0.0976. The fourth-order valence-electron chi connectivity index (χ4n) is 5.80. The number of carbonyl (C=O) groups excluding carboxylic acids is 1. The third-order valence-corrected chi connectivity index (χ3v) is 7.55. The number of aromatic nitrogens is 2. The topological polar surface area (TPSA) is 44.6 Å². The average molecular weight is 514 g/mol. The summed E-state index contributed by atoms with van der Waals surface area (Å²) in [5.74, 6) is 1.03. The number of piperidine rings is 1. The molecule has 5 rings (SSSR count). The molecule has 2 aliphatic heterocycles. The molecule has 9 heteroatoms. The summed E-state index contributed by atoms with van der Waals surface area (Å²) < 4.78 is 42.7. The van der Waals surface area contributed by atoms with Gasteiger partial charge in [0.15, 0.2) is 0 Å². The molecule has 3 heterocycles. The number of anilines is 1. The highest BCUT2D eigenvalue weighted by molar-refractivity contribution is 5.79. The lowest BCUT2D eigenvalue weighted by Crippen LogP contribution is -2.52. The molecule has 0 unspecified atom stereocenters. The van der Waals surface area contributed by atoms with Gasteiger partial charge in [0.1, 0.15) is 5.82 Å². The van der Waals surface area contributed by atoms with Crippen LogP contribution in [0.3, 0.4) is 0 Å². The minimum Gasteiger partial charge on any atom is -0.367 e. The Kier molecular flexibility index (Phi) is 7.16. The molecule has 2 saturated heterocycles. The molecule has 0 N–H and O–H groups in total. The number of carbonyl (C=O) groups is 1. The zero-order valence-corrected chi connectivity index (χ0v) is 21.4. The molecule has 0 saturated carbocycles. The summed E-state index contributed by atoms with van der Waals surface area (Å²) in [6, 6.07) is 14.1. The number of alkyl halides is 3. The van der Waals surface area contributed by atoms with Crippen molar-refractivity contribution >= 4 is 22.6 Å². The molecular weight excluding hydrogens is 479 g/mol. The maximum absolute atomic E-state index is 13.5. The summed E-state index contributed by atoms with van der Waals surface area (Å²) in [4.78, 5) is 24.2. The molecule has 6 nitrogen and oxygen atoms in total. The molecule has 0 spiro atoms. The lowest BCUT2D eigenvalue weighted by atomic mass is 9.96. The Morgan fingerprint density at radius 3 is 2.43 bits per heavy atom. The molecule has 0 bridgehead atoms. The highest BCUT2D eigenvalue weighted by Crippen LogP contribution is 2.37. The van der Waals surface area contributed by atoms with Crippen molar-refractivity contribution in [1.29, 1.82) is 0 Å². The van der Waals surface area contributed by atoms with E-state index in [1.807, 2.05) is 23.1 Å². The summed E-state index contributed by atoms with van der Waals surface area (Å²) in [5, 5.41) is 0. The van der Waals surface area contributed by atoms with Crippen molar-refractivity contribution in [1.82, 2.24) is 19.4 Å². The number of fused-ring (bicyclic) bond motifs is 1. The SMILES string of the molecule is CC(C)n1c(CN2CCC[C@@H](C(=O)N3CCN(c4ccccc4C(F)(F)F)CC3)C2)nc2ccccc21. The van der Waals surface area contributed by atoms with Crippen LogP contribution in [0.1, 0.15) is 44.1 Å². The van der Waals surface area contributed by atoms with Crippen LogP contribution in [-0.2, 0) is 17.5 Å². The second-order valence-electron chi connectivity index (χ2n) is 10.4. The van der Waals surface area contributed by atoms with Crippen molar-refractivity contribution < 1.29 is 18.0 Å². The van der Waals surface area contributed by atoms with Crippen LogP contribution in [0, 0.1) is 5.92 Å². The van der Waals surface area contributed by atoms with E-state index in [0.29, 0.717) is 39.3 Å². The van der Waals surface area contributed by atoms with Gasteiger partial charge in [0.2, 0.25) is 5.91 Å². The summed E-state index contributed by atoms with van der Waals surface area (Å²) >= 11 is 0. The van der Waals surface area contributed by atoms with Gasteiger partial charge in [-0.3, -0.25) is 9.69 Å². The fraction of sp³-hybridized carbons (Fsp3) is 0.500. The molecule has 1 atom stereocenters. The zero-order valence-electron chi connectivity index (χ0n) is 21.4. The first-order chi connectivity index (χ1) is 17.7. The number of benzene rings is 2. The van der Waals surface area contributed by atoms with Crippen LogP contribution < -0.4 is 4.90 Å². The second-order valence-corrected chi connectivity index (χ2v) is 10.4. The number of para-hydroxylation sites is 3. The highest BCUT2D eigenvalue weighted by atomic mass is 19.4. The van der Waals surface area contributed by atoms with Crippen LogP contribution in [0.15, 0.2) is 48.5 Å². The van der Waals surface area contributed by atoms with E-state index >= 15 is 0 Å². The molecule has 37 heavy (non-hydrogen) atoms. The van der Waals surface area contributed by atoms with Crippen LogP contribution in [0.4, 0.5) is 18.9 Å². The standard InChI is InChI=1S/C28H34F3N5O/c1-20(2)36-25-12-6-4-10-23(25)32-26(36)19-33-13-7-8-21(18-33)27(37)35-16-14-34(15-17-35)24-11-5-3-9-22(24)28(29,30)31/h3-6,9-12,20-21H,7-8,13-19H2,1-2H3/t21-/m1/s1. The van der Waals surface area contributed by atoms with Gasteiger partial charge in [0.05, 0.1) is 29.1 Å². The van der Waals surface area contributed by atoms with E-state index in [4.69, 9.17) is 4.98 Å². The predicted molar refractivity (Wildman–Crippen MR) is 138 cm³/mol. The number of likely N-dealkylation sites (tertiary alicyclic amines) is 1. The lowest BCUT2D eigenvalue weighted by Gasteiger charge is -2.40. The van der Waals surface area contributed by atoms with E-state index in [0.717, 1.165) is 42.3 Å². The Bertz CT molecular complexity index is 1250. The van der Waals surface area contributed by atoms with Crippen LogP contribution >= 0.6 is 0 Å². The van der Waals surface area contributed by atoms with E-state index in [1.165, 1.54) is 12.1 Å². The molecule has 2 aromatic carbocycles. The molecule has 0 radical (unpaired) electrons. The second kappa shape index (κ2) is 10.4.